The molecule has 2 aliphatic heterocycles. The Kier molecular flexibility index (Phi) is 6.44. The molecule has 2 aliphatic rings. The number of quaternary nitrogens is 1. The maximum absolute atomic E-state index is 13.0. The van der Waals surface area contributed by atoms with Crippen LogP contribution in [0.1, 0.15) is 25.0 Å². The molecule has 7 nitrogen and oxygen atoms in total. The maximum atomic E-state index is 13.0. The van der Waals surface area contributed by atoms with E-state index < -0.39 is 10.0 Å². The zero-order valence-electron chi connectivity index (χ0n) is 17.3. The monoisotopic (exact) mass is 410 g/mol. The number of ether oxygens (including phenoxy) is 1. The van der Waals surface area contributed by atoms with Crippen LogP contribution >= 0.6 is 0 Å². The van der Waals surface area contributed by atoms with Crippen LogP contribution in [0.4, 0.5) is 0 Å². The molecule has 0 bridgehead atoms. The second kappa shape index (κ2) is 8.49. The average Bonchev–Trinajstić information content (AvgIpc) is 2.63. The fourth-order valence-electron chi connectivity index (χ4n) is 4.16. The summed E-state index contributed by atoms with van der Waals surface area (Å²) in [4.78, 5) is 16.1. The third-order valence-corrected chi connectivity index (χ3v) is 7.61. The van der Waals surface area contributed by atoms with Crippen molar-refractivity contribution in [3.63, 3.8) is 0 Å². The lowest BCUT2D eigenvalue weighted by atomic mass is 10.2. The Hall–Kier alpha value is -1.48. The number of piperazine rings is 1. The fourth-order valence-corrected chi connectivity index (χ4v) is 5.89. The van der Waals surface area contributed by atoms with Gasteiger partial charge in [0.2, 0.25) is 10.0 Å². The van der Waals surface area contributed by atoms with E-state index in [-0.39, 0.29) is 18.1 Å². The molecular formula is C20H32N3O4S+. The molecule has 0 aromatic heterocycles. The second-order valence-electron chi connectivity index (χ2n) is 8.15. The summed E-state index contributed by atoms with van der Waals surface area (Å²) in [7, 11) is -3.53. The van der Waals surface area contributed by atoms with Gasteiger partial charge in [-0.15, -0.1) is 0 Å². The summed E-state index contributed by atoms with van der Waals surface area (Å²) in [5.74, 6) is 0.0973. The van der Waals surface area contributed by atoms with Crippen LogP contribution in [0.2, 0.25) is 0 Å². The Morgan fingerprint density at radius 1 is 1.11 bits per heavy atom. The summed E-state index contributed by atoms with van der Waals surface area (Å²) in [5, 5.41) is 0. The van der Waals surface area contributed by atoms with Gasteiger partial charge in [-0.3, -0.25) is 4.79 Å². The first-order valence-corrected chi connectivity index (χ1v) is 11.4. The summed E-state index contributed by atoms with van der Waals surface area (Å²) in [6, 6.07) is 5.49. The molecule has 2 fully saturated rings. The summed E-state index contributed by atoms with van der Waals surface area (Å²) in [6.45, 7) is 11.5. The van der Waals surface area contributed by atoms with Gasteiger partial charge >= 0.3 is 0 Å². The SMILES string of the molecule is Cc1ccc(C)c(S(=O)(=O)N2CCN(C(=O)C[NH+]3C[C@@H](C)O[C@H](C)C3)CC2)c1. The minimum atomic E-state index is -3.53. The van der Waals surface area contributed by atoms with E-state index >= 15 is 0 Å². The van der Waals surface area contributed by atoms with Gasteiger partial charge in [-0.05, 0) is 44.9 Å². The standard InChI is InChI=1S/C20H31N3O4S/c1-15-5-6-16(2)19(11-15)28(25,26)23-9-7-22(8-10-23)20(24)14-21-12-17(3)27-18(4)13-21/h5-6,11,17-18H,7-10,12-14H2,1-4H3/p+1/t17-,18-/m1/s1. The summed E-state index contributed by atoms with van der Waals surface area (Å²) in [6.07, 6.45) is 0.317. The number of nitrogens with zero attached hydrogens (tertiary/aromatic N) is 2. The van der Waals surface area contributed by atoms with E-state index in [0.29, 0.717) is 37.6 Å². The van der Waals surface area contributed by atoms with Crippen molar-refractivity contribution in [1.29, 1.82) is 0 Å². The number of aryl methyl sites for hydroxylation is 2. The van der Waals surface area contributed by atoms with Crippen LogP contribution in [-0.2, 0) is 19.6 Å². The first-order valence-electron chi connectivity index (χ1n) is 10.0. The number of carbonyl (C=O) groups excluding carboxylic acids is 1. The predicted octanol–water partition coefficient (Wildman–Crippen LogP) is -0.172. The maximum Gasteiger partial charge on any atom is 0.277 e. The molecule has 0 unspecified atom stereocenters. The van der Waals surface area contributed by atoms with Gasteiger partial charge in [0.05, 0.1) is 4.90 Å². The number of carbonyl (C=O) groups is 1. The molecule has 0 saturated carbocycles. The van der Waals surface area contributed by atoms with Gasteiger partial charge < -0.3 is 14.5 Å². The van der Waals surface area contributed by atoms with Gasteiger partial charge in [-0.1, -0.05) is 12.1 Å². The van der Waals surface area contributed by atoms with Crippen LogP contribution in [0.15, 0.2) is 23.1 Å². The van der Waals surface area contributed by atoms with Crippen molar-refractivity contribution in [3.8, 4) is 0 Å². The molecule has 2 atom stereocenters. The Balaban J connectivity index is 1.59. The topological polar surface area (TPSA) is 71.4 Å². The summed E-state index contributed by atoms with van der Waals surface area (Å²) >= 11 is 0. The quantitative estimate of drug-likeness (QED) is 0.748. The number of morpholine rings is 1. The molecule has 2 heterocycles. The third-order valence-electron chi connectivity index (χ3n) is 5.57. The Labute approximate surface area is 168 Å². The highest BCUT2D eigenvalue weighted by Crippen LogP contribution is 2.22. The highest BCUT2D eigenvalue weighted by atomic mass is 32.2. The second-order valence-corrected chi connectivity index (χ2v) is 10.1. The van der Waals surface area contributed by atoms with Crippen LogP contribution in [0.3, 0.4) is 0 Å². The van der Waals surface area contributed by atoms with Crippen molar-refractivity contribution in [2.75, 3.05) is 45.8 Å². The molecule has 1 N–H and O–H groups in total. The number of sulfonamides is 1. The number of benzene rings is 1. The van der Waals surface area contributed by atoms with Crippen LogP contribution < -0.4 is 4.90 Å². The highest BCUT2D eigenvalue weighted by Gasteiger charge is 2.33. The first-order chi connectivity index (χ1) is 13.2. The molecule has 3 rings (SSSR count). The fraction of sp³-hybridized carbons (Fsp3) is 0.650. The zero-order chi connectivity index (χ0) is 20.5. The van der Waals surface area contributed by atoms with Crippen LogP contribution in [0.5, 0.6) is 0 Å². The van der Waals surface area contributed by atoms with Gasteiger partial charge in [0, 0.05) is 26.2 Å². The minimum Gasteiger partial charge on any atom is -0.364 e. The Bertz CT molecular complexity index is 809. The predicted molar refractivity (Wildman–Crippen MR) is 107 cm³/mol. The van der Waals surface area contributed by atoms with Gasteiger partial charge in [0.15, 0.2) is 6.54 Å². The van der Waals surface area contributed by atoms with E-state index in [0.717, 1.165) is 24.2 Å². The average molecular weight is 411 g/mol. The van der Waals surface area contributed by atoms with E-state index in [1.165, 1.54) is 9.21 Å². The molecule has 28 heavy (non-hydrogen) atoms. The van der Waals surface area contributed by atoms with E-state index in [1.54, 1.807) is 11.0 Å². The molecule has 1 aromatic carbocycles. The number of amides is 1. The van der Waals surface area contributed by atoms with E-state index in [2.05, 4.69) is 0 Å². The van der Waals surface area contributed by atoms with Gasteiger partial charge in [-0.25, -0.2) is 8.42 Å². The van der Waals surface area contributed by atoms with E-state index in [4.69, 9.17) is 4.74 Å². The molecule has 1 amide bonds. The van der Waals surface area contributed by atoms with Gasteiger partial charge in [-0.2, -0.15) is 4.31 Å². The molecule has 156 valence electrons. The van der Waals surface area contributed by atoms with Crippen molar-refractivity contribution >= 4 is 15.9 Å². The van der Waals surface area contributed by atoms with Crippen molar-refractivity contribution in [3.05, 3.63) is 29.3 Å². The molecule has 2 saturated heterocycles. The van der Waals surface area contributed by atoms with Crippen LogP contribution in [-0.4, -0.2) is 81.6 Å². The van der Waals surface area contributed by atoms with Crippen molar-refractivity contribution in [2.24, 2.45) is 0 Å². The lowest BCUT2D eigenvalue weighted by Crippen LogP contribution is -3.16. The number of rotatable bonds is 4. The molecule has 0 radical (unpaired) electrons. The van der Waals surface area contributed by atoms with E-state index in [1.807, 2.05) is 39.8 Å². The largest absolute Gasteiger partial charge is 0.364 e. The Morgan fingerprint density at radius 2 is 1.71 bits per heavy atom. The zero-order valence-corrected chi connectivity index (χ0v) is 18.1. The van der Waals surface area contributed by atoms with Crippen molar-refractivity contribution in [1.82, 2.24) is 9.21 Å². The molecular weight excluding hydrogens is 378 g/mol. The van der Waals surface area contributed by atoms with Crippen molar-refractivity contribution < 1.29 is 22.8 Å². The van der Waals surface area contributed by atoms with Crippen LogP contribution in [0.25, 0.3) is 0 Å². The first kappa shape index (κ1) is 21.2. The molecule has 0 spiro atoms. The lowest BCUT2D eigenvalue weighted by molar-refractivity contribution is -0.907. The van der Waals surface area contributed by atoms with Gasteiger partial charge in [0.25, 0.3) is 5.91 Å². The smallest absolute Gasteiger partial charge is 0.277 e. The number of hydrogen-bond donors (Lipinski definition) is 1. The van der Waals surface area contributed by atoms with Gasteiger partial charge in [0.1, 0.15) is 25.3 Å². The molecule has 8 heteroatoms. The number of nitrogens with one attached hydrogen (secondary N) is 1. The summed E-state index contributed by atoms with van der Waals surface area (Å²) < 4.78 is 33.3. The highest BCUT2D eigenvalue weighted by molar-refractivity contribution is 7.89. The molecule has 0 aliphatic carbocycles. The lowest BCUT2D eigenvalue weighted by Gasteiger charge is -2.36. The van der Waals surface area contributed by atoms with Crippen LogP contribution in [0, 0.1) is 13.8 Å². The normalized spacial score (nSPS) is 27.0. The van der Waals surface area contributed by atoms with E-state index in [9.17, 15) is 13.2 Å². The molecule has 1 aromatic rings. The number of hydrogen-bond acceptors (Lipinski definition) is 4. The third kappa shape index (κ3) is 4.74. The Morgan fingerprint density at radius 3 is 2.32 bits per heavy atom. The minimum absolute atomic E-state index is 0.0973. The van der Waals surface area contributed by atoms with Crippen molar-refractivity contribution in [2.45, 2.75) is 44.8 Å². The summed E-state index contributed by atoms with van der Waals surface area (Å²) in [5.41, 5.74) is 1.68.